The Kier molecular flexibility index (Phi) is 5.23. The van der Waals surface area contributed by atoms with Crippen molar-refractivity contribution in [2.75, 3.05) is 0 Å². The second kappa shape index (κ2) is 7.38. The summed E-state index contributed by atoms with van der Waals surface area (Å²) in [5.41, 5.74) is 2.87. The molecule has 0 unspecified atom stereocenters. The van der Waals surface area contributed by atoms with Crippen LogP contribution in [0.5, 0.6) is 0 Å². The molecule has 118 valence electrons. The molecule has 0 atom stereocenters. The fraction of sp³-hybridized carbons (Fsp3) is 0. The van der Waals surface area contributed by atoms with Gasteiger partial charge in [0.2, 0.25) is 0 Å². The summed E-state index contributed by atoms with van der Waals surface area (Å²) in [6.07, 6.45) is 1.78. The van der Waals surface area contributed by atoms with E-state index in [9.17, 15) is 5.26 Å². The van der Waals surface area contributed by atoms with Crippen molar-refractivity contribution in [1.29, 1.82) is 5.26 Å². The van der Waals surface area contributed by atoms with Gasteiger partial charge in [0.1, 0.15) is 11.1 Å². The molecule has 3 aromatic rings. The van der Waals surface area contributed by atoms with Crippen LogP contribution < -0.4 is 0 Å². The van der Waals surface area contributed by atoms with E-state index in [2.05, 4.69) is 11.1 Å². The highest BCUT2D eigenvalue weighted by molar-refractivity contribution is 7.11. The predicted molar refractivity (Wildman–Crippen MR) is 103 cm³/mol. The molecule has 0 bridgehead atoms. The Morgan fingerprint density at radius 1 is 1.04 bits per heavy atom. The third-order valence-electron chi connectivity index (χ3n) is 3.24. The van der Waals surface area contributed by atoms with E-state index in [-0.39, 0.29) is 0 Å². The van der Waals surface area contributed by atoms with Crippen molar-refractivity contribution in [1.82, 2.24) is 4.98 Å². The highest BCUT2D eigenvalue weighted by atomic mass is 35.5. The van der Waals surface area contributed by atoms with Gasteiger partial charge in [-0.25, -0.2) is 4.98 Å². The van der Waals surface area contributed by atoms with Crippen LogP contribution in [0.15, 0.2) is 47.8 Å². The number of allylic oxidation sites excluding steroid dienone is 1. The van der Waals surface area contributed by atoms with Gasteiger partial charge in [0, 0.05) is 21.0 Å². The molecule has 2 nitrogen and oxygen atoms in total. The Hall–Kier alpha value is -1.83. The molecular weight excluding hydrogens is 383 g/mol. The minimum atomic E-state index is 0.485. The number of benzene rings is 2. The number of hydrogen-bond acceptors (Lipinski definition) is 3. The Morgan fingerprint density at radius 2 is 1.75 bits per heavy atom. The molecule has 0 radical (unpaired) electrons. The van der Waals surface area contributed by atoms with Gasteiger partial charge in [0.05, 0.1) is 16.3 Å². The van der Waals surface area contributed by atoms with Gasteiger partial charge in [0.15, 0.2) is 0 Å². The Bertz CT molecular complexity index is 953. The molecule has 0 aliphatic heterocycles. The summed E-state index contributed by atoms with van der Waals surface area (Å²) in [4.78, 5) is 4.53. The molecule has 3 rings (SSSR count). The van der Waals surface area contributed by atoms with Gasteiger partial charge in [-0.3, -0.25) is 0 Å². The van der Waals surface area contributed by atoms with E-state index >= 15 is 0 Å². The summed E-state index contributed by atoms with van der Waals surface area (Å²) >= 11 is 19.4. The van der Waals surface area contributed by atoms with Crippen molar-refractivity contribution in [3.63, 3.8) is 0 Å². The van der Waals surface area contributed by atoms with Gasteiger partial charge in [-0.15, -0.1) is 11.3 Å². The Balaban J connectivity index is 1.96. The van der Waals surface area contributed by atoms with Crippen molar-refractivity contribution in [3.8, 4) is 17.3 Å². The quantitative estimate of drug-likeness (QED) is 0.458. The standard InChI is InChI=1S/C18H9Cl3N2S/c19-13-3-1-11(2-4-13)7-12(9-22)18-23-17(10-24-18)15-6-5-14(20)8-16(15)21/h1-8,10H/b12-7+. The van der Waals surface area contributed by atoms with E-state index in [0.717, 1.165) is 11.1 Å². The second-order valence-electron chi connectivity index (χ2n) is 4.88. The first-order chi connectivity index (χ1) is 11.6. The first-order valence-corrected chi connectivity index (χ1v) is 8.87. The molecule has 0 aliphatic carbocycles. The van der Waals surface area contributed by atoms with Gasteiger partial charge in [-0.1, -0.05) is 46.9 Å². The number of rotatable bonds is 3. The normalized spacial score (nSPS) is 11.3. The van der Waals surface area contributed by atoms with E-state index in [4.69, 9.17) is 34.8 Å². The third-order valence-corrected chi connectivity index (χ3v) is 4.92. The summed E-state index contributed by atoms with van der Waals surface area (Å²) < 4.78 is 0. The van der Waals surface area contributed by atoms with Crippen LogP contribution in [0.4, 0.5) is 0 Å². The predicted octanol–water partition coefficient (Wildman–Crippen LogP) is 6.83. The average Bonchev–Trinajstić information content (AvgIpc) is 3.04. The zero-order valence-electron chi connectivity index (χ0n) is 12.1. The van der Waals surface area contributed by atoms with Crippen LogP contribution in [0.2, 0.25) is 15.1 Å². The maximum Gasteiger partial charge on any atom is 0.134 e. The van der Waals surface area contributed by atoms with Gasteiger partial charge in [0.25, 0.3) is 0 Å². The van der Waals surface area contributed by atoms with E-state index in [0.29, 0.717) is 31.3 Å². The lowest BCUT2D eigenvalue weighted by Crippen LogP contribution is -1.84. The summed E-state index contributed by atoms with van der Waals surface area (Å²) in [6.45, 7) is 0. The lowest BCUT2D eigenvalue weighted by molar-refractivity contribution is 1.37. The van der Waals surface area contributed by atoms with E-state index in [1.807, 2.05) is 23.6 Å². The van der Waals surface area contributed by atoms with Crippen molar-refractivity contribution < 1.29 is 0 Å². The highest BCUT2D eigenvalue weighted by Crippen LogP contribution is 2.33. The minimum absolute atomic E-state index is 0.485. The highest BCUT2D eigenvalue weighted by Gasteiger charge is 2.11. The van der Waals surface area contributed by atoms with Gasteiger partial charge in [-0.05, 0) is 42.0 Å². The van der Waals surface area contributed by atoms with Crippen molar-refractivity contribution in [2.24, 2.45) is 0 Å². The third kappa shape index (κ3) is 3.80. The molecule has 0 aliphatic rings. The van der Waals surface area contributed by atoms with Crippen molar-refractivity contribution in [3.05, 3.63) is 73.5 Å². The lowest BCUT2D eigenvalue weighted by Gasteiger charge is -2.01. The van der Waals surface area contributed by atoms with E-state index in [1.54, 1.807) is 30.3 Å². The molecule has 0 saturated carbocycles. The first kappa shape index (κ1) is 17.0. The number of aromatic nitrogens is 1. The van der Waals surface area contributed by atoms with Crippen LogP contribution in [-0.4, -0.2) is 4.98 Å². The summed E-state index contributed by atoms with van der Waals surface area (Å²) in [5.74, 6) is 0. The van der Waals surface area contributed by atoms with E-state index in [1.165, 1.54) is 11.3 Å². The molecule has 2 aromatic carbocycles. The number of nitrogens with zero attached hydrogens (tertiary/aromatic N) is 2. The molecule has 1 heterocycles. The average molecular weight is 392 g/mol. The largest absolute Gasteiger partial charge is 0.235 e. The van der Waals surface area contributed by atoms with E-state index < -0.39 is 0 Å². The minimum Gasteiger partial charge on any atom is -0.235 e. The summed E-state index contributed by atoms with van der Waals surface area (Å²) in [6, 6.07) is 14.7. The fourth-order valence-corrected chi connectivity index (χ4v) is 3.50. The zero-order valence-corrected chi connectivity index (χ0v) is 15.2. The fourth-order valence-electron chi connectivity index (χ4n) is 2.09. The molecule has 6 heteroatoms. The first-order valence-electron chi connectivity index (χ1n) is 6.85. The van der Waals surface area contributed by atoms with Gasteiger partial charge < -0.3 is 0 Å². The van der Waals surface area contributed by atoms with Crippen LogP contribution in [0.25, 0.3) is 22.9 Å². The number of hydrogen-bond donors (Lipinski definition) is 0. The van der Waals surface area contributed by atoms with Crippen molar-refractivity contribution >= 4 is 57.8 Å². The molecule has 0 N–H and O–H groups in total. The van der Waals surface area contributed by atoms with Crippen LogP contribution in [-0.2, 0) is 0 Å². The smallest absolute Gasteiger partial charge is 0.134 e. The molecule has 0 spiro atoms. The number of thiazole rings is 1. The maximum absolute atomic E-state index is 9.44. The Morgan fingerprint density at radius 3 is 2.42 bits per heavy atom. The van der Waals surface area contributed by atoms with Crippen LogP contribution in [0.3, 0.4) is 0 Å². The molecule has 0 amide bonds. The summed E-state index contributed by atoms with van der Waals surface area (Å²) in [5, 5.41) is 13.7. The maximum atomic E-state index is 9.44. The molecule has 0 fully saturated rings. The Labute approximate surface area is 158 Å². The molecule has 0 saturated heterocycles. The van der Waals surface area contributed by atoms with Crippen LogP contribution >= 0.6 is 46.1 Å². The topological polar surface area (TPSA) is 36.7 Å². The monoisotopic (exact) mass is 390 g/mol. The second-order valence-corrected chi connectivity index (χ2v) is 7.02. The summed E-state index contributed by atoms with van der Waals surface area (Å²) in [7, 11) is 0. The number of nitriles is 1. The van der Waals surface area contributed by atoms with Crippen LogP contribution in [0.1, 0.15) is 10.6 Å². The molecule has 1 aromatic heterocycles. The lowest BCUT2D eigenvalue weighted by atomic mass is 10.1. The molecule has 24 heavy (non-hydrogen) atoms. The number of halogens is 3. The zero-order chi connectivity index (χ0) is 17.1. The van der Waals surface area contributed by atoms with Crippen molar-refractivity contribution in [2.45, 2.75) is 0 Å². The molecular formula is C18H9Cl3N2S. The van der Waals surface area contributed by atoms with Gasteiger partial charge >= 0.3 is 0 Å². The SMILES string of the molecule is N#C/C(=C\c1ccc(Cl)cc1)c1nc(-c2ccc(Cl)cc2Cl)cs1. The van der Waals surface area contributed by atoms with Gasteiger partial charge in [-0.2, -0.15) is 5.26 Å². The van der Waals surface area contributed by atoms with Crippen LogP contribution in [0, 0.1) is 11.3 Å².